The Morgan fingerprint density at radius 1 is 1.54 bits per heavy atom. The first-order valence-electron chi connectivity index (χ1n) is 8.70. The summed E-state index contributed by atoms with van der Waals surface area (Å²) in [5.41, 5.74) is 2.59. The van der Waals surface area contributed by atoms with E-state index in [1.54, 1.807) is 25.5 Å². The van der Waals surface area contributed by atoms with Gasteiger partial charge in [0.1, 0.15) is 28.6 Å². The third-order valence-electron chi connectivity index (χ3n) is 4.54. The van der Waals surface area contributed by atoms with Gasteiger partial charge in [0, 0.05) is 31.8 Å². The first-order chi connectivity index (χ1) is 13.3. The lowest BCUT2D eigenvalue weighted by Crippen LogP contribution is -2.65. The molecule has 9 heteroatoms. The summed E-state index contributed by atoms with van der Waals surface area (Å²) in [5, 5.41) is 8.39. The molecule has 6 nitrogen and oxygen atoms in total. The van der Waals surface area contributed by atoms with E-state index in [1.807, 2.05) is 25.1 Å². The van der Waals surface area contributed by atoms with Crippen molar-refractivity contribution in [2.45, 2.75) is 25.3 Å². The quantitative estimate of drug-likeness (QED) is 0.256. The summed E-state index contributed by atoms with van der Waals surface area (Å²) in [7, 11) is 3.53. The Bertz CT molecular complexity index is 795. The lowest BCUT2D eigenvalue weighted by molar-refractivity contribution is 0.103. The fourth-order valence-electron chi connectivity index (χ4n) is 2.69. The van der Waals surface area contributed by atoms with Gasteiger partial charge in [0.15, 0.2) is 0 Å². The van der Waals surface area contributed by atoms with E-state index >= 15 is 0 Å². The van der Waals surface area contributed by atoms with Crippen LogP contribution in [0.5, 0.6) is 0 Å². The minimum Gasteiger partial charge on any atom is -0.370 e. The number of hydrazine groups is 1. The third kappa shape index (κ3) is 5.24. The molecule has 0 fully saturated rings. The normalized spacial score (nSPS) is 21.5. The predicted octanol–water partition coefficient (Wildman–Crippen LogP) is 3.16. The number of amidine groups is 1. The van der Waals surface area contributed by atoms with Crippen molar-refractivity contribution in [2.24, 2.45) is 9.98 Å². The highest BCUT2D eigenvalue weighted by Gasteiger charge is 2.34. The molecule has 1 aliphatic heterocycles. The Morgan fingerprint density at radius 3 is 2.96 bits per heavy atom. The fraction of sp³-hybridized carbons (Fsp3) is 0.368. The molecule has 2 rings (SSSR count). The lowest BCUT2D eigenvalue weighted by atomic mass is 10.0. The lowest BCUT2D eigenvalue weighted by Gasteiger charge is -2.39. The smallest absolute Gasteiger partial charge is 0.146 e. The Labute approximate surface area is 172 Å². The van der Waals surface area contributed by atoms with Crippen molar-refractivity contribution in [1.82, 2.24) is 21.1 Å². The van der Waals surface area contributed by atoms with Crippen LogP contribution in [0, 0.1) is 5.82 Å². The molecule has 2 atom stereocenters. The highest BCUT2D eigenvalue weighted by Crippen LogP contribution is 2.25. The molecule has 0 saturated heterocycles. The number of hydrogen-bond acceptors (Lipinski definition) is 5. The zero-order chi connectivity index (χ0) is 20.7. The van der Waals surface area contributed by atoms with E-state index < -0.39 is 17.7 Å². The van der Waals surface area contributed by atoms with E-state index in [0.29, 0.717) is 16.7 Å². The molecule has 0 amide bonds. The topological polar surface area (TPSA) is 64.0 Å². The molecule has 28 heavy (non-hydrogen) atoms. The number of nitrogens with zero attached hydrogens (tertiary/aromatic N) is 3. The highest BCUT2D eigenvalue weighted by atomic mass is 79.9. The Morgan fingerprint density at radius 2 is 2.29 bits per heavy atom. The molecule has 0 saturated carbocycles. The number of aliphatic imine (C=N–C) groups is 2. The number of likely N-dealkylation sites (N-methyl/N-ethyl adjacent to an activating group) is 1. The molecule has 0 radical (unpaired) electrons. The van der Waals surface area contributed by atoms with Crippen molar-refractivity contribution in [3.63, 3.8) is 0 Å². The van der Waals surface area contributed by atoms with Crippen LogP contribution in [0.25, 0.3) is 0 Å². The molecular formula is C19H25BrF2N6. The van der Waals surface area contributed by atoms with Crippen LogP contribution in [0.1, 0.15) is 24.2 Å². The van der Waals surface area contributed by atoms with Crippen LogP contribution in [0.4, 0.5) is 8.78 Å². The maximum atomic E-state index is 14.8. The zero-order valence-electron chi connectivity index (χ0n) is 16.1. The minimum absolute atomic E-state index is 0.0252. The molecule has 3 N–H and O–H groups in total. The first kappa shape index (κ1) is 22.2. The van der Waals surface area contributed by atoms with Gasteiger partial charge in [-0.3, -0.25) is 10.3 Å². The van der Waals surface area contributed by atoms with Crippen molar-refractivity contribution in [1.29, 1.82) is 0 Å². The number of rotatable bonds is 7. The van der Waals surface area contributed by atoms with E-state index in [2.05, 4.69) is 48.6 Å². The van der Waals surface area contributed by atoms with Crippen LogP contribution in [0.15, 0.2) is 51.5 Å². The molecule has 2 unspecified atom stereocenters. The monoisotopic (exact) mass is 454 g/mol. The number of hydrogen-bond donors (Lipinski definition) is 3. The van der Waals surface area contributed by atoms with E-state index in [1.165, 1.54) is 6.07 Å². The summed E-state index contributed by atoms with van der Waals surface area (Å²) >= 11 is 3.41. The van der Waals surface area contributed by atoms with Gasteiger partial charge in [-0.05, 0) is 28.9 Å². The maximum absolute atomic E-state index is 14.8. The molecule has 0 spiro atoms. The van der Waals surface area contributed by atoms with Gasteiger partial charge in [-0.25, -0.2) is 13.8 Å². The SMILES string of the molecule is C=CC(F)c1cccc(CNC2(CNC(C)=NC)C=C(Br)N=CNN2C)c1F. The van der Waals surface area contributed by atoms with Crippen molar-refractivity contribution in [3.05, 3.63) is 58.5 Å². The van der Waals surface area contributed by atoms with E-state index in [9.17, 15) is 8.78 Å². The molecule has 1 aliphatic rings. The van der Waals surface area contributed by atoms with Gasteiger partial charge < -0.3 is 10.7 Å². The van der Waals surface area contributed by atoms with Gasteiger partial charge in [-0.15, -0.1) is 0 Å². The van der Waals surface area contributed by atoms with Gasteiger partial charge in [0.2, 0.25) is 0 Å². The van der Waals surface area contributed by atoms with Crippen LogP contribution >= 0.6 is 15.9 Å². The predicted molar refractivity (Wildman–Crippen MR) is 113 cm³/mol. The van der Waals surface area contributed by atoms with Crippen LogP contribution in [-0.2, 0) is 6.54 Å². The van der Waals surface area contributed by atoms with Gasteiger partial charge in [0.25, 0.3) is 0 Å². The average Bonchev–Trinajstić information content (AvgIpc) is 2.83. The van der Waals surface area contributed by atoms with Gasteiger partial charge >= 0.3 is 0 Å². The number of allylic oxidation sites excluding steroid dienone is 1. The summed E-state index contributed by atoms with van der Waals surface area (Å²) in [6.07, 6.45) is 2.93. The summed E-state index contributed by atoms with van der Waals surface area (Å²) in [6, 6.07) is 4.68. The van der Waals surface area contributed by atoms with Crippen LogP contribution in [0.2, 0.25) is 0 Å². The second-order valence-electron chi connectivity index (χ2n) is 6.31. The van der Waals surface area contributed by atoms with E-state index in [4.69, 9.17) is 0 Å². The molecule has 1 heterocycles. The van der Waals surface area contributed by atoms with Crippen molar-refractivity contribution >= 4 is 28.1 Å². The zero-order valence-corrected chi connectivity index (χ0v) is 17.7. The molecule has 0 bridgehead atoms. The Kier molecular flexibility index (Phi) is 7.85. The standard InChI is InChI=1S/C19H25BrF2N6/c1-5-16(21)15-8-6-7-14(18(15)22)10-26-19(11-24-13(2)23-3)9-17(20)25-12-27-28(19)4/h5-9,12,16,26H,1,10-11H2,2-4H3,(H,23,24)(H,25,27). The second-order valence-corrected chi connectivity index (χ2v) is 7.12. The van der Waals surface area contributed by atoms with Gasteiger partial charge in [-0.2, -0.15) is 5.01 Å². The van der Waals surface area contributed by atoms with E-state index in [-0.39, 0.29) is 12.1 Å². The van der Waals surface area contributed by atoms with Crippen LogP contribution in [-0.4, -0.2) is 43.5 Å². The maximum Gasteiger partial charge on any atom is 0.146 e. The molecule has 1 aromatic carbocycles. The van der Waals surface area contributed by atoms with Crippen molar-refractivity contribution in [3.8, 4) is 0 Å². The summed E-state index contributed by atoms with van der Waals surface area (Å²) in [5.74, 6) is 0.170. The third-order valence-corrected chi connectivity index (χ3v) is 4.98. The summed E-state index contributed by atoms with van der Waals surface area (Å²) in [6.45, 7) is 5.83. The summed E-state index contributed by atoms with van der Waals surface area (Å²) < 4.78 is 29.3. The highest BCUT2D eigenvalue weighted by molar-refractivity contribution is 9.11. The number of benzene rings is 1. The number of halogens is 3. The largest absolute Gasteiger partial charge is 0.370 e. The van der Waals surface area contributed by atoms with E-state index in [0.717, 1.165) is 11.9 Å². The Hall–Kier alpha value is -2.10. The fourth-order valence-corrected chi connectivity index (χ4v) is 3.17. The minimum atomic E-state index is -1.55. The average molecular weight is 455 g/mol. The first-order valence-corrected chi connectivity index (χ1v) is 9.49. The van der Waals surface area contributed by atoms with Gasteiger partial charge in [0.05, 0.1) is 12.4 Å². The molecular weight excluding hydrogens is 430 g/mol. The summed E-state index contributed by atoms with van der Waals surface area (Å²) in [4.78, 5) is 8.31. The second kappa shape index (κ2) is 9.90. The van der Waals surface area contributed by atoms with Crippen LogP contribution in [0.3, 0.4) is 0 Å². The Balaban J connectivity index is 2.31. The van der Waals surface area contributed by atoms with Crippen molar-refractivity contribution in [2.75, 3.05) is 20.6 Å². The van der Waals surface area contributed by atoms with Crippen LogP contribution < -0.4 is 16.1 Å². The molecule has 0 aliphatic carbocycles. The molecule has 1 aromatic rings. The number of nitrogens with one attached hydrogen (secondary N) is 3. The van der Waals surface area contributed by atoms with Crippen molar-refractivity contribution < 1.29 is 8.78 Å². The molecule has 0 aromatic heterocycles. The number of alkyl halides is 1. The van der Waals surface area contributed by atoms with Gasteiger partial charge in [-0.1, -0.05) is 30.9 Å². The molecule has 152 valence electrons.